The molecular weight excluding hydrogens is 310 g/mol. The van der Waals surface area contributed by atoms with Crippen LogP contribution in [0.3, 0.4) is 0 Å². The van der Waals surface area contributed by atoms with Crippen LogP contribution in [0.25, 0.3) is 0 Å². The van der Waals surface area contributed by atoms with Gasteiger partial charge in [0.2, 0.25) is 0 Å². The van der Waals surface area contributed by atoms with Crippen molar-refractivity contribution in [3.63, 3.8) is 0 Å². The van der Waals surface area contributed by atoms with Crippen LogP contribution in [0.2, 0.25) is 0 Å². The SMILES string of the molecule is Cc1csc(CNC(=O)N2CCCC(S(C)(=O)=O)CC2)n1. The van der Waals surface area contributed by atoms with Gasteiger partial charge in [0.05, 0.1) is 11.8 Å². The van der Waals surface area contributed by atoms with Crippen LogP contribution in [-0.4, -0.2) is 48.9 Å². The molecule has 0 radical (unpaired) electrons. The van der Waals surface area contributed by atoms with Crippen molar-refractivity contribution in [2.24, 2.45) is 0 Å². The second kappa shape index (κ2) is 6.74. The van der Waals surface area contributed by atoms with Gasteiger partial charge in [-0.3, -0.25) is 0 Å². The highest BCUT2D eigenvalue weighted by Gasteiger charge is 2.26. The molecule has 2 rings (SSSR count). The Kier molecular flexibility index (Phi) is 5.21. The molecule has 1 aliphatic heterocycles. The van der Waals surface area contributed by atoms with E-state index in [0.717, 1.165) is 17.1 Å². The number of sulfone groups is 1. The standard InChI is InChI=1S/C13H21N3O3S2/c1-10-9-20-12(15-10)8-14-13(17)16-6-3-4-11(5-7-16)21(2,18)19/h9,11H,3-8H2,1-2H3,(H,14,17). The van der Waals surface area contributed by atoms with Crippen LogP contribution in [0.1, 0.15) is 30.0 Å². The van der Waals surface area contributed by atoms with Crippen LogP contribution in [0, 0.1) is 6.92 Å². The van der Waals surface area contributed by atoms with Crippen LogP contribution in [0.15, 0.2) is 5.38 Å². The molecule has 1 aromatic heterocycles. The first-order valence-corrected chi connectivity index (χ1v) is 9.82. The number of hydrogen-bond donors (Lipinski definition) is 1. The van der Waals surface area contributed by atoms with Crippen molar-refractivity contribution in [1.29, 1.82) is 0 Å². The second-order valence-electron chi connectivity index (χ2n) is 5.41. The van der Waals surface area contributed by atoms with E-state index >= 15 is 0 Å². The van der Waals surface area contributed by atoms with Gasteiger partial charge in [0, 0.05) is 30.4 Å². The average Bonchev–Trinajstić information content (AvgIpc) is 2.66. The van der Waals surface area contributed by atoms with Crippen LogP contribution < -0.4 is 5.32 Å². The van der Waals surface area contributed by atoms with Gasteiger partial charge < -0.3 is 10.2 Å². The maximum absolute atomic E-state index is 12.1. The zero-order valence-corrected chi connectivity index (χ0v) is 14.0. The normalized spacial score (nSPS) is 20.1. The zero-order chi connectivity index (χ0) is 15.5. The lowest BCUT2D eigenvalue weighted by molar-refractivity contribution is 0.199. The molecule has 21 heavy (non-hydrogen) atoms. The molecule has 1 aliphatic rings. The minimum atomic E-state index is -3.02. The summed E-state index contributed by atoms with van der Waals surface area (Å²) in [4.78, 5) is 18.1. The first kappa shape index (κ1) is 16.2. The van der Waals surface area contributed by atoms with Gasteiger partial charge in [0.1, 0.15) is 14.8 Å². The molecule has 118 valence electrons. The molecule has 2 heterocycles. The molecule has 0 saturated carbocycles. The van der Waals surface area contributed by atoms with Crippen LogP contribution in [0.5, 0.6) is 0 Å². The van der Waals surface area contributed by atoms with Crippen molar-refractivity contribution in [3.05, 3.63) is 16.1 Å². The topological polar surface area (TPSA) is 79.4 Å². The lowest BCUT2D eigenvalue weighted by Crippen LogP contribution is -2.40. The monoisotopic (exact) mass is 331 g/mol. The van der Waals surface area contributed by atoms with Crippen LogP contribution in [0.4, 0.5) is 4.79 Å². The first-order chi connectivity index (χ1) is 9.86. The summed E-state index contributed by atoms with van der Waals surface area (Å²) in [5.41, 5.74) is 0.954. The average molecular weight is 331 g/mol. The fraction of sp³-hybridized carbons (Fsp3) is 0.692. The van der Waals surface area contributed by atoms with E-state index in [2.05, 4.69) is 10.3 Å². The van der Waals surface area contributed by atoms with Crippen molar-refractivity contribution >= 4 is 27.2 Å². The summed E-state index contributed by atoms with van der Waals surface area (Å²) < 4.78 is 23.2. The van der Waals surface area contributed by atoms with Crippen LogP contribution >= 0.6 is 11.3 Å². The smallest absolute Gasteiger partial charge is 0.317 e. The summed E-state index contributed by atoms with van der Waals surface area (Å²) in [6, 6.07) is -0.142. The number of aromatic nitrogens is 1. The number of aryl methyl sites for hydroxylation is 1. The molecule has 0 bridgehead atoms. The number of rotatable bonds is 3. The summed E-state index contributed by atoms with van der Waals surface area (Å²) >= 11 is 1.52. The van der Waals surface area contributed by atoms with E-state index in [4.69, 9.17) is 0 Å². The van der Waals surface area contributed by atoms with E-state index in [0.29, 0.717) is 32.5 Å². The lowest BCUT2D eigenvalue weighted by atomic mass is 10.2. The summed E-state index contributed by atoms with van der Waals surface area (Å²) in [6.45, 7) is 3.43. The van der Waals surface area contributed by atoms with Crippen molar-refractivity contribution in [3.8, 4) is 0 Å². The maximum Gasteiger partial charge on any atom is 0.317 e. The molecule has 1 saturated heterocycles. The Morgan fingerprint density at radius 3 is 2.86 bits per heavy atom. The third kappa shape index (κ3) is 4.67. The Labute approximate surface area is 129 Å². The van der Waals surface area contributed by atoms with Gasteiger partial charge in [0.25, 0.3) is 0 Å². The molecule has 1 N–H and O–H groups in total. The molecule has 1 atom stereocenters. The molecule has 1 aromatic rings. The zero-order valence-electron chi connectivity index (χ0n) is 12.3. The third-order valence-electron chi connectivity index (χ3n) is 3.63. The van der Waals surface area contributed by atoms with Gasteiger partial charge in [0.15, 0.2) is 0 Å². The highest BCUT2D eigenvalue weighted by Crippen LogP contribution is 2.17. The number of amides is 2. The Hall–Kier alpha value is -1.15. The van der Waals surface area contributed by atoms with Crippen LogP contribution in [-0.2, 0) is 16.4 Å². The van der Waals surface area contributed by atoms with Gasteiger partial charge in [-0.2, -0.15) is 0 Å². The Morgan fingerprint density at radius 1 is 1.48 bits per heavy atom. The summed E-state index contributed by atoms with van der Waals surface area (Å²) in [7, 11) is -3.02. The first-order valence-electron chi connectivity index (χ1n) is 6.99. The minimum absolute atomic E-state index is 0.142. The van der Waals surface area contributed by atoms with Crippen molar-refractivity contribution in [2.45, 2.75) is 38.0 Å². The van der Waals surface area contributed by atoms with E-state index in [1.807, 2.05) is 12.3 Å². The number of nitrogens with zero attached hydrogens (tertiary/aromatic N) is 2. The van der Waals surface area contributed by atoms with Gasteiger partial charge in [-0.15, -0.1) is 11.3 Å². The third-order valence-corrected chi connectivity index (χ3v) is 6.27. The fourth-order valence-electron chi connectivity index (χ4n) is 2.44. The quantitative estimate of drug-likeness (QED) is 0.911. The Bertz CT molecular complexity index is 598. The van der Waals surface area contributed by atoms with Gasteiger partial charge in [-0.1, -0.05) is 0 Å². The van der Waals surface area contributed by atoms with Crippen molar-refractivity contribution < 1.29 is 13.2 Å². The number of nitrogens with one attached hydrogen (secondary N) is 1. The molecule has 1 unspecified atom stereocenters. The Morgan fingerprint density at radius 2 is 2.24 bits per heavy atom. The number of carbonyl (C=O) groups is 1. The van der Waals surface area contributed by atoms with E-state index < -0.39 is 9.84 Å². The van der Waals surface area contributed by atoms with E-state index in [-0.39, 0.29) is 11.3 Å². The highest BCUT2D eigenvalue weighted by atomic mass is 32.2. The number of thiazole rings is 1. The van der Waals surface area contributed by atoms with Gasteiger partial charge in [-0.25, -0.2) is 18.2 Å². The van der Waals surface area contributed by atoms with E-state index in [9.17, 15) is 13.2 Å². The summed E-state index contributed by atoms with van der Waals surface area (Å²) in [5, 5.41) is 5.35. The predicted molar refractivity (Wildman–Crippen MR) is 83.1 cm³/mol. The second-order valence-corrected chi connectivity index (χ2v) is 8.68. The molecule has 8 heteroatoms. The molecule has 0 aromatic carbocycles. The molecule has 1 fully saturated rings. The number of likely N-dealkylation sites (tertiary alicyclic amines) is 1. The highest BCUT2D eigenvalue weighted by molar-refractivity contribution is 7.91. The largest absolute Gasteiger partial charge is 0.331 e. The van der Waals surface area contributed by atoms with Gasteiger partial charge >= 0.3 is 6.03 Å². The Balaban J connectivity index is 1.85. The van der Waals surface area contributed by atoms with Gasteiger partial charge in [-0.05, 0) is 26.2 Å². The summed E-state index contributed by atoms with van der Waals surface area (Å²) in [5.74, 6) is 0. The molecule has 0 aliphatic carbocycles. The van der Waals surface area contributed by atoms with E-state index in [1.54, 1.807) is 4.90 Å². The van der Waals surface area contributed by atoms with E-state index in [1.165, 1.54) is 17.6 Å². The van der Waals surface area contributed by atoms with Crippen molar-refractivity contribution in [2.75, 3.05) is 19.3 Å². The minimum Gasteiger partial charge on any atom is -0.331 e. The molecule has 0 spiro atoms. The number of urea groups is 1. The van der Waals surface area contributed by atoms with Crippen molar-refractivity contribution in [1.82, 2.24) is 15.2 Å². The fourth-order valence-corrected chi connectivity index (χ4v) is 4.28. The molecular formula is C13H21N3O3S2. The summed E-state index contributed by atoms with van der Waals surface area (Å²) in [6.07, 6.45) is 3.15. The number of hydrogen-bond acceptors (Lipinski definition) is 5. The molecule has 6 nitrogen and oxygen atoms in total. The predicted octanol–water partition coefficient (Wildman–Crippen LogP) is 1.56. The molecule has 2 amide bonds. The number of carbonyl (C=O) groups excluding carboxylic acids is 1. The lowest BCUT2D eigenvalue weighted by Gasteiger charge is -2.20. The maximum atomic E-state index is 12.1.